The van der Waals surface area contributed by atoms with E-state index in [4.69, 9.17) is 4.74 Å². The van der Waals surface area contributed by atoms with Crippen LogP contribution in [0.3, 0.4) is 0 Å². The van der Waals surface area contributed by atoms with Gasteiger partial charge in [-0.1, -0.05) is 24.3 Å². The van der Waals surface area contributed by atoms with E-state index in [0.29, 0.717) is 35.3 Å². The maximum absolute atomic E-state index is 13.9. The van der Waals surface area contributed by atoms with Crippen molar-refractivity contribution in [3.05, 3.63) is 59.7 Å². The molecule has 1 atom stereocenters. The maximum Gasteiger partial charge on any atom is 0.297 e. The lowest BCUT2D eigenvalue weighted by Gasteiger charge is -2.27. The van der Waals surface area contributed by atoms with Gasteiger partial charge in [0.15, 0.2) is 17.4 Å². The van der Waals surface area contributed by atoms with Crippen LogP contribution in [0.4, 0.5) is 19.0 Å². The van der Waals surface area contributed by atoms with E-state index >= 15 is 0 Å². The Labute approximate surface area is 141 Å². The van der Waals surface area contributed by atoms with Crippen molar-refractivity contribution in [3.63, 3.8) is 0 Å². The second kappa shape index (κ2) is 6.23. The van der Waals surface area contributed by atoms with E-state index < -0.39 is 18.1 Å². The zero-order valence-electron chi connectivity index (χ0n) is 13.0. The van der Waals surface area contributed by atoms with E-state index in [1.807, 2.05) is 0 Å². The highest BCUT2D eigenvalue weighted by molar-refractivity contribution is 5.89. The maximum atomic E-state index is 13.9. The summed E-state index contributed by atoms with van der Waals surface area (Å²) in [5.41, 5.74) is 1.08. The van der Waals surface area contributed by atoms with Crippen LogP contribution in [0, 0.1) is 5.82 Å². The van der Waals surface area contributed by atoms with Gasteiger partial charge in [0, 0.05) is 17.4 Å². The molecular formula is C18H14F3N3O. The fourth-order valence-corrected chi connectivity index (χ4v) is 3.00. The van der Waals surface area contributed by atoms with Gasteiger partial charge >= 0.3 is 0 Å². The highest BCUT2D eigenvalue weighted by Crippen LogP contribution is 2.37. The number of para-hydroxylation sites is 2. The highest BCUT2D eigenvalue weighted by atomic mass is 19.3. The van der Waals surface area contributed by atoms with Crippen LogP contribution >= 0.6 is 0 Å². The highest BCUT2D eigenvalue weighted by Gasteiger charge is 2.25. The van der Waals surface area contributed by atoms with Gasteiger partial charge in [-0.05, 0) is 18.2 Å². The topological polar surface area (TPSA) is 47.0 Å². The lowest BCUT2D eigenvalue weighted by atomic mass is 10.00. The zero-order chi connectivity index (χ0) is 17.4. The summed E-state index contributed by atoms with van der Waals surface area (Å²) in [5, 5.41) is 3.81. The van der Waals surface area contributed by atoms with Crippen molar-refractivity contribution in [1.82, 2.24) is 9.97 Å². The molecule has 2 heterocycles. The molecule has 128 valence electrons. The van der Waals surface area contributed by atoms with Crippen molar-refractivity contribution in [2.45, 2.75) is 18.9 Å². The van der Waals surface area contributed by atoms with Gasteiger partial charge in [-0.2, -0.15) is 0 Å². The molecule has 1 aliphatic rings. The molecular weight excluding hydrogens is 331 g/mol. The Morgan fingerprint density at radius 3 is 2.76 bits per heavy atom. The minimum atomic E-state index is -2.77. The fourth-order valence-electron chi connectivity index (χ4n) is 3.00. The van der Waals surface area contributed by atoms with Gasteiger partial charge in [0.05, 0.1) is 18.2 Å². The minimum absolute atomic E-state index is 0.193. The van der Waals surface area contributed by atoms with Crippen LogP contribution in [0.1, 0.15) is 30.3 Å². The third kappa shape index (κ3) is 2.86. The molecule has 0 fully saturated rings. The lowest BCUT2D eigenvalue weighted by molar-refractivity contribution is 0.141. The van der Waals surface area contributed by atoms with Gasteiger partial charge in [-0.15, -0.1) is 0 Å². The van der Waals surface area contributed by atoms with Crippen molar-refractivity contribution in [3.8, 4) is 5.75 Å². The molecule has 4 nitrogen and oxygen atoms in total. The predicted octanol–water partition coefficient (Wildman–Crippen LogP) is 4.64. The average Bonchev–Trinajstić information content (AvgIpc) is 2.62. The number of aromatic nitrogens is 2. The molecule has 0 aliphatic carbocycles. The molecule has 0 radical (unpaired) electrons. The number of alkyl halides is 2. The SMILES string of the molecule is Fc1cccc2c1OCC[C@@H]2Nc1nc(C(F)F)nc2ccccc12. The predicted molar refractivity (Wildman–Crippen MR) is 87.4 cm³/mol. The number of ether oxygens (including phenoxy) is 1. The van der Waals surface area contributed by atoms with Crippen molar-refractivity contribution in [2.24, 2.45) is 0 Å². The molecule has 0 bridgehead atoms. The van der Waals surface area contributed by atoms with Crippen LogP contribution in [-0.4, -0.2) is 16.6 Å². The summed E-state index contributed by atoms with van der Waals surface area (Å²) in [6.07, 6.45) is -2.21. The molecule has 4 rings (SSSR count). The van der Waals surface area contributed by atoms with Gasteiger partial charge in [-0.3, -0.25) is 0 Å². The second-order valence-electron chi connectivity index (χ2n) is 5.74. The lowest BCUT2D eigenvalue weighted by Crippen LogP contribution is -2.22. The number of benzene rings is 2. The standard InChI is InChI=1S/C18H14F3N3O/c19-12-6-3-5-10-14(8-9-25-15(10)12)22-17-11-4-1-2-7-13(11)23-18(24-17)16(20)21/h1-7,14,16H,8-9H2,(H,22,23,24)/t14-/m0/s1. The first-order valence-corrected chi connectivity index (χ1v) is 7.86. The van der Waals surface area contributed by atoms with Gasteiger partial charge < -0.3 is 10.1 Å². The third-order valence-electron chi connectivity index (χ3n) is 4.15. The molecule has 3 aromatic rings. The number of halogens is 3. The van der Waals surface area contributed by atoms with E-state index in [-0.39, 0.29) is 11.8 Å². The van der Waals surface area contributed by atoms with Crippen LogP contribution in [0.2, 0.25) is 0 Å². The molecule has 1 aromatic heterocycles. The average molecular weight is 345 g/mol. The normalized spacial score (nSPS) is 16.6. The Morgan fingerprint density at radius 1 is 1.08 bits per heavy atom. The minimum Gasteiger partial charge on any atom is -0.490 e. The third-order valence-corrected chi connectivity index (χ3v) is 4.15. The van der Waals surface area contributed by atoms with Crippen LogP contribution < -0.4 is 10.1 Å². The number of rotatable bonds is 3. The molecule has 7 heteroatoms. The zero-order valence-corrected chi connectivity index (χ0v) is 13.0. The molecule has 25 heavy (non-hydrogen) atoms. The van der Waals surface area contributed by atoms with Crippen molar-refractivity contribution < 1.29 is 17.9 Å². The number of anilines is 1. The molecule has 1 aliphatic heterocycles. The largest absolute Gasteiger partial charge is 0.490 e. The summed E-state index contributed by atoms with van der Waals surface area (Å²) >= 11 is 0. The van der Waals surface area contributed by atoms with Gasteiger partial charge in [-0.25, -0.2) is 23.1 Å². The molecule has 0 amide bonds. The molecule has 2 aromatic carbocycles. The number of hydrogen-bond donors (Lipinski definition) is 1. The number of nitrogens with one attached hydrogen (secondary N) is 1. The summed E-state index contributed by atoms with van der Waals surface area (Å²) in [7, 11) is 0. The van der Waals surface area contributed by atoms with Crippen LogP contribution in [0.25, 0.3) is 10.9 Å². The van der Waals surface area contributed by atoms with Crippen molar-refractivity contribution in [1.29, 1.82) is 0 Å². The Balaban J connectivity index is 1.78. The fraction of sp³-hybridized carbons (Fsp3) is 0.222. The Kier molecular flexibility index (Phi) is 3.91. The van der Waals surface area contributed by atoms with E-state index in [0.717, 1.165) is 0 Å². The molecule has 0 unspecified atom stereocenters. The Bertz CT molecular complexity index is 933. The van der Waals surface area contributed by atoms with Crippen molar-refractivity contribution in [2.75, 3.05) is 11.9 Å². The molecule has 0 spiro atoms. The van der Waals surface area contributed by atoms with E-state index in [2.05, 4.69) is 15.3 Å². The first kappa shape index (κ1) is 15.7. The molecule has 0 saturated carbocycles. The summed E-state index contributed by atoms with van der Waals surface area (Å²) < 4.78 is 45.6. The first-order valence-electron chi connectivity index (χ1n) is 7.86. The van der Waals surface area contributed by atoms with Gasteiger partial charge in [0.2, 0.25) is 0 Å². The number of fused-ring (bicyclic) bond motifs is 2. The molecule has 1 N–H and O–H groups in total. The molecule has 0 saturated heterocycles. The number of hydrogen-bond acceptors (Lipinski definition) is 4. The Morgan fingerprint density at radius 2 is 1.92 bits per heavy atom. The summed E-state index contributed by atoms with van der Waals surface area (Å²) in [6.45, 7) is 0.330. The van der Waals surface area contributed by atoms with Crippen LogP contribution in [-0.2, 0) is 0 Å². The van der Waals surface area contributed by atoms with E-state index in [1.165, 1.54) is 6.07 Å². The van der Waals surface area contributed by atoms with Gasteiger partial charge in [0.25, 0.3) is 6.43 Å². The summed E-state index contributed by atoms with van der Waals surface area (Å²) in [5.74, 6) is -0.473. The van der Waals surface area contributed by atoms with Gasteiger partial charge in [0.1, 0.15) is 5.82 Å². The van der Waals surface area contributed by atoms with E-state index in [1.54, 1.807) is 36.4 Å². The summed E-state index contributed by atoms with van der Waals surface area (Å²) in [4.78, 5) is 7.88. The smallest absolute Gasteiger partial charge is 0.297 e. The monoisotopic (exact) mass is 345 g/mol. The van der Waals surface area contributed by atoms with Crippen molar-refractivity contribution >= 4 is 16.7 Å². The second-order valence-corrected chi connectivity index (χ2v) is 5.74. The summed E-state index contributed by atoms with van der Waals surface area (Å²) in [6, 6.07) is 11.3. The first-order chi connectivity index (χ1) is 12.1. The Hall–Kier alpha value is -2.83. The van der Waals surface area contributed by atoms with E-state index in [9.17, 15) is 13.2 Å². The van der Waals surface area contributed by atoms with Crippen LogP contribution in [0.15, 0.2) is 42.5 Å². The number of nitrogens with zero attached hydrogens (tertiary/aromatic N) is 2. The van der Waals surface area contributed by atoms with Crippen LogP contribution in [0.5, 0.6) is 5.75 Å². The quantitative estimate of drug-likeness (QED) is 0.751.